The fraction of sp³-hybridized carbons (Fsp3) is 0.455. The number of carbonyl (C=O) groups is 1. The van der Waals surface area contributed by atoms with Crippen molar-refractivity contribution in [2.24, 2.45) is 0 Å². The average Bonchev–Trinajstić information content (AvgIpc) is 2.29. The van der Waals surface area contributed by atoms with E-state index >= 15 is 0 Å². The number of nitrogens with two attached hydrogens (primary N) is 1. The maximum absolute atomic E-state index is 12.1. The highest BCUT2D eigenvalue weighted by atomic mass is 35.5. The summed E-state index contributed by atoms with van der Waals surface area (Å²) < 4.78 is 0. The SMILES string of the molecule is Nc1cnc(C(=O)N2CCCCC2)c(Cl)c1. The molecule has 5 heteroatoms. The summed E-state index contributed by atoms with van der Waals surface area (Å²) in [6.45, 7) is 1.59. The number of halogens is 1. The van der Waals surface area contributed by atoms with Crippen LogP contribution >= 0.6 is 11.6 Å². The third-order valence-corrected chi connectivity index (χ3v) is 3.00. The first-order chi connectivity index (χ1) is 7.68. The van der Waals surface area contributed by atoms with Gasteiger partial charge in [0, 0.05) is 13.1 Å². The van der Waals surface area contributed by atoms with E-state index in [-0.39, 0.29) is 5.91 Å². The van der Waals surface area contributed by atoms with Gasteiger partial charge in [-0.25, -0.2) is 4.98 Å². The molecule has 16 heavy (non-hydrogen) atoms. The molecule has 1 saturated heterocycles. The van der Waals surface area contributed by atoms with Gasteiger partial charge in [0.05, 0.1) is 16.9 Å². The summed E-state index contributed by atoms with van der Waals surface area (Å²) in [5, 5.41) is 0.329. The number of carbonyl (C=O) groups excluding carboxylic acids is 1. The molecule has 86 valence electrons. The molecule has 2 rings (SSSR count). The number of piperidine rings is 1. The number of hydrogen-bond donors (Lipinski definition) is 1. The van der Waals surface area contributed by atoms with Gasteiger partial charge in [-0.15, -0.1) is 0 Å². The highest BCUT2D eigenvalue weighted by Gasteiger charge is 2.21. The molecule has 4 nitrogen and oxygen atoms in total. The van der Waals surface area contributed by atoms with Crippen LogP contribution in [-0.4, -0.2) is 28.9 Å². The molecule has 0 aromatic carbocycles. The molecule has 1 fully saturated rings. The Hall–Kier alpha value is -1.29. The van der Waals surface area contributed by atoms with Crippen LogP contribution in [0, 0.1) is 0 Å². The zero-order chi connectivity index (χ0) is 11.5. The second kappa shape index (κ2) is 4.70. The molecular weight excluding hydrogens is 226 g/mol. The standard InChI is InChI=1S/C11H14ClN3O/c12-9-6-8(13)7-14-10(9)11(16)15-4-2-1-3-5-15/h6-7H,1-5,13H2. The van der Waals surface area contributed by atoms with Gasteiger partial charge in [-0.1, -0.05) is 11.6 Å². The van der Waals surface area contributed by atoms with Crippen LogP contribution in [-0.2, 0) is 0 Å². The molecule has 0 spiro atoms. The number of rotatable bonds is 1. The van der Waals surface area contributed by atoms with Crippen LogP contribution in [0.15, 0.2) is 12.3 Å². The van der Waals surface area contributed by atoms with Gasteiger partial charge in [-0.05, 0) is 25.3 Å². The smallest absolute Gasteiger partial charge is 0.273 e. The molecule has 2 N–H and O–H groups in total. The maximum atomic E-state index is 12.1. The van der Waals surface area contributed by atoms with Crippen molar-refractivity contribution in [1.82, 2.24) is 9.88 Å². The highest BCUT2D eigenvalue weighted by molar-refractivity contribution is 6.33. The Balaban J connectivity index is 2.19. The molecule has 0 saturated carbocycles. The van der Waals surface area contributed by atoms with Crippen LogP contribution in [0.2, 0.25) is 5.02 Å². The fourth-order valence-electron chi connectivity index (χ4n) is 1.86. The Bertz CT molecular complexity index is 402. The number of anilines is 1. The van der Waals surface area contributed by atoms with E-state index in [1.807, 2.05) is 0 Å². The predicted octanol–water partition coefficient (Wildman–Crippen LogP) is 1.94. The predicted molar refractivity (Wildman–Crippen MR) is 63.4 cm³/mol. The molecule has 0 aliphatic carbocycles. The minimum atomic E-state index is -0.0929. The number of amides is 1. The van der Waals surface area contributed by atoms with Crippen LogP contribution in [0.1, 0.15) is 29.8 Å². The van der Waals surface area contributed by atoms with Crippen LogP contribution in [0.4, 0.5) is 5.69 Å². The average molecular weight is 240 g/mol. The van der Waals surface area contributed by atoms with E-state index in [9.17, 15) is 4.79 Å². The molecule has 1 aliphatic heterocycles. The summed E-state index contributed by atoms with van der Waals surface area (Å²) >= 11 is 5.95. The summed E-state index contributed by atoms with van der Waals surface area (Å²) in [6, 6.07) is 1.56. The first kappa shape index (κ1) is 11.2. The van der Waals surface area contributed by atoms with Gasteiger partial charge in [-0.3, -0.25) is 4.79 Å². The number of likely N-dealkylation sites (tertiary alicyclic amines) is 1. The van der Waals surface area contributed by atoms with Crippen LogP contribution in [0.25, 0.3) is 0 Å². The van der Waals surface area contributed by atoms with Crippen molar-refractivity contribution in [3.8, 4) is 0 Å². The lowest BCUT2D eigenvalue weighted by atomic mass is 10.1. The molecule has 2 heterocycles. The molecule has 0 radical (unpaired) electrons. The monoisotopic (exact) mass is 239 g/mol. The van der Waals surface area contributed by atoms with E-state index in [0.717, 1.165) is 25.9 Å². The normalized spacial score (nSPS) is 16.2. The summed E-state index contributed by atoms with van der Waals surface area (Å²) in [4.78, 5) is 17.9. The van der Waals surface area contributed by atoms with Crippen LogP contribution < -0.4 is 5.73 Å². The van der Waals surface area contributed by atoms with E-state index in [1.54, 1.807) is 11.0 Å². The van der Waals surface area contributed by atoms with Crippen molar-refractivity contribution in [2.45, 2.75) is 19.3 Å². The van der Waals surface area contributed by atoms with Crippen molar-refractivity contribution in [1.29, 1.82) is 0 Å². The number of aromatic nitrogens is 1. The van der Waals surface area contributed by atoms with Crippen molar-refractivity contribution >= 4 is 23.2 Å². The third kappa shape index (κ3) is 2.27. The molecule has 0 unspecified atom stereocenters. The van der Waals surface area contributed by atoms with Crippen LogP contribution in [0.3, 0.4) is 0 Å². The molecule has 1 aromatic heterocycles. The zero-order valence-corrected chi connectivity index (χ0v) is 9.70. The Morgan fingerprint density at radius 2 is 2.06 bits per heavy atom. The van der Waals surface area contributed by atoms with Crippen molar-refractivity contribution in [2.75, 3.05) is 18.8 Å². The lowest BCUT2D eigenvalue weighted by Crippen LogP contribution is -2.36. The highest BCUT2D eigenvalue weighted by Crippen LogP contribution is 2.20. The minimum absolute atomic E-state index is 0.0929. The van der Waals surface area contributed by atoms with Crippen molar-refractivity contribution in [3.63, 3.8) is 0 Å². The van der Waals surface area contributed by atoms with Gasteiger partial charge in [0.1, 0.15) is 5.69 Å². The van der Waals surface area contributed by atoms with Crippen molar-refractivity contribution in [3.05, 3.63) is 23.0 Å². The molecular formula is C11H14ClN3O. The number of hydrogen-bond acceptors (Lipinski definition) is 3. The first-order valence-electron chi connectivity index (χ1n) is 5.39. The first-order valence-corrected chi connectivity index (χ1v) is 5.76. The summed E-state index contributed by atoms with van der Waals surface area (Å²) in [6.07, 6.45) is 4.76. The molecule has 0 bridgehead atoms. The van der Waals surface area contributed by atoms with Gasteiger partial charge in [0.2, 0.25) is 0 Å². The van der Waals surface area contributed by atoms with Crippen molar-refractivity contribution < 1.29 is 4.79 Å². The number of nitrogens with zero attached hydrogens (tertiary/aromatic N) is 2. The molecule has 0 atom stereocenters. The van der Waals surface area contributed by atoms with E-state index in [0.29, 0.717) is 16.4 Å². The van der Waals surface area contributed by atoms with E-state index in [1.165, 1.54) is 12.6 Å². The fourth-order valence-corrected chi connectivity index (χ4v) is 2.11. The largest absolute Gasteiger partial charge is 0.397 e. The summed E-state index contributed by atoms with van der Waals surface area (Å²) in [7, 11) is 0. The van der Waals surface area contributed by atoms with Gasteiger partial charge in [0.25, 0.3) is 5.91 Å². The Kier molecular flexibility index (Phi) is 3.29. The lowest BCUT2D eigenvalue weighted by Gasteiger charge is -2.26. The second-order valence-corrected chi connectivity index (χ2v) is 4.36. The van der Waals surface area contributed by atoms with Gasteiger partial charge in [0.15, 0.2) is 0 Å². The quantitative estimate of drug-likeness (QED) is 0.815. The Morgan fingerprint density at radius 1 is 1.38 bits per heavy atom. The Morgan fingerprint density at radius 3 is 2.69 bits per heavy atom. The molecule has 1 amide bonds. The van der Waals surface area contributed by atoms with Crippen LogP contribution in [0.5, 0.6) is 0 Å². The second-order valence-electron chi connectivity index (χ2n) is 3.95. The van der Waals surface area contributed by atoms with E-state index in [4.69, 9.17) is 17.3 Å². The number of pyridine rings is 1. The molecule has 1 aliphatic rings. The Labute approximate surface area is 99.4 Å². The van der Waals surface area contributed by atoms with E-state index in [2.05, 4.69) is 4.98 Å². The van der Waals surface area contributed by atoms with Gasteiger partial charge >= 0.3 is 0 Å². The summed E-state index contributed by atoms with van der Waals surface area (Å²) in [5.74, 6) is -0.0929. The van der Waals surface area contributed by atoms with Gasteiger partial charge in [-0.2, -0.15) is 0 Å². The topological polar surface area (TPSA) is 59.2 Å². The maximum Gasteiger partial charge on any atom is 0.273 e. The van der Waals surface area contributed by atoms with Gasteiger partial charge < -0.3 is 10.6 Å². The third-order valence-electron chi connectivity index (χ3n) is 2.71. The zero-order valence-electron chi connectivity index (χ0n) is 8.95. The van der Waals surface area contributed by atoms with E-state index < -0.39 is 0 Å². The summed E-state index contributed by atoms with van der Waals surface area (Å²) in [5.41, 5.74) is 6.31. The molecule has 1 aromatic rings. The lowest BCUT2D eigenvalue weighted by molar-refractivity contribution is 0.0718. The number of nitrogen functional groups attached to an aromatic ring is 1. The minimum Gasteiger partial charge on any atom is -0.397 e.